The Hall–Kier alpha value is -1.49. The van der Waals surface area contributed by atoms with E-state index in [1.165, 1.54) is 6.07 Å². The monoisotopic (exact) mass is 270 g/mol. The summed E-state index contributed by atoms with van der Waals surface area (Å²) in [6.07, 6.45) is 0.827. The van der Waals surface area contributed by atoms with Crippen LogP contribution in [0.3, 0.4) is 0 Å². The summed E-state index contributed by atoms with van der Waals surface area (Å²) in [5.74, 6) is -0.212. The second-order valence-electron chi connectivity index (χ2n) is 4.42. The third-order valence-corrected chi connectivity index (χ3v) is 2.54. The third-order valence-electron chi connectivity index (χ3n) is 2.54. The minimum absolute atomic E-state index is 0.0896. The van der Waals surface area contributed by atoms with Crippen LogP contribution in [-0.4, -0.2) is 25.9 Å². The van der Waals surface area contributed by atoms with Gasteiger partial charge in [0.1, 0.15) is 0 Å². The lowest BCUT2D eigenvalue weighted by Crippen LogP contribution is -2.22. The number of ether oxygens (including phenoxy) is 2. The number of nitrogens with two attached hydrogens (primary N) is 1. The van der Waals surface area contributed by atoms with Gasteiger partial charge in [-0.25, -0.2) is 4.39 Å². The van der Waals surface area contributed by atoms with Crippen LogP contribution in [0.4, 0.5) is 15.8 Å². The van der Waals surface area contributed by atoms with Crippen LogP contribution in [0.2, 0.25) is 0 Å². The highest BCUT2D eigenvalue weighted by Crippen LogP contribution is 2.28. The van der Waals surface area contributed by atoms with Crippen molar-refractivity contribution in [1.29, 1.82) is 0 Å². The van der Waals surface area contributed by atoms with Gasteiger partial charge in [-0.15, -0.1) is 0 Å². The second-order valence-corrected chi connectivity index (χ2v) is 4.42. The molecule has 0 aliphatic rings. The Balaban J connectivity index is 2.76. The normalized spacial score (nSPS) is 12.2. The predicted molar refractivity (Wildman–Crippen MR) is 76.2 cm³/mol. The number of rotatable bonds is 8. The molecule has 0 radical (unpaired) electrons. The van der Waals surface area contributed by atoms with E-state index in [1.807, 2.05) is 20.8 Å². The van der Waals surface area contributed by atoms with Gasteiger partial charge in [0.15, 0.2) is 11.6 Å². The first-order valence-electron chi connectivity index (χ1n) is 6.64. The van der Waals surface area contributed by atoms with Gasteiger partial charge in [-0.3, -0.25) is 0 Å². The van der Waals surface area contributed by atoms with E-state index in [9.17, 15) is 4.39 Å². The smallest absolute Gasteiger partial charge is 0.167 e. The van der Waals surface area contributed by atoms with Crippen LogP contribution in [-0.2, 0) is 4.74 Å². The number of benzene rings is 1. The van der Waals surface area contributed by atoms with E-state index >= 15 is 0 Å². The zero-order valence-electron chi connectivity index (χ0n) is 11.8. The Bertz CT molecular complexity index is 399. The first kappa shape index (κ1) is 15.6. The summed E-state index contributed by atoms with van der Waals surface area (Å²) in [4.78, 5) is 0. The molecule has 3 N–H and O–H groups in total. The van der Waals surface area contributed by atoms with E-state index in [2.05, 4.69) is 5.32 Å². The van der Waals surface area contributed by atoms with E-state index in [4.69, 9.17) is 15.2 Å². The van der Waals surface area contributed by atoms with Crippen LogP contribution < -0.4 is 15.8 Å². The maximum atomic E-state index is 13.6. The van der Waals surface area contributed by atoms with Crippen LogP contribution in [0, 0.1) is 5.82 Å². The molecule has 4 nitrogen and oxygen atoms in total. The van der Waals surface area contributed by atoms with Gasteiger partial charge in [-0.05, 0) is 20.3 Å². The Morgan fingerprint density at radius 3 is 2.74 bits per heavy atom. The van der Waals surface area contributed by atoms with E-state index < -0.39 is 5.82 Å². The summed E-state index contributed by atoms with van der Waals surface area (Å²) in [6.45, 7) is 7.60. The van der Waals surface area contributed by atoms with Crippen molar-refractivity contribution in [3.63, 3.8) is 0 Å². The minimum atomic E-state index is -0.436. The molecule has 0 fully saturated rings. The minimum Gasteiger partial charge on any atom is -0.490 e. The molecule has 1 unspecified atom stereocenters. The first-order valence-corrected chi connectivity index (χ1v) is 6.64. The van der Waals surface area contributed by atoms with Crippen molar-refractivity contribution < 1.29 is 13.9 Å². The highest BCUT2D eigenvalue weighted by Gasteiger charge is 2.11. The molecule has 108 valence electrons. The Labute approximate surface area is 114 Å². The number of hydrogen-bond donors (Lipinski definition) is 2. The number of hydrogen-bond acceptors (Lipinski definition) is 4. The summed E-state index contributed by atoms with van der Waals surface area (Å²) < 4.78 is 24.3. The molecule has 19 heavy (non-hydrogen) atoms. The van der Waals surface area contributed by atoms with Gasteiger partial charge >= 0.3 is 0 Å². The second kappa shape index (κ2) is 7.84. The van der Waals surface area contributed by atoms with Crippen LogP contribution in [0.25, 0.3) is 0 Å². The molecule has 0 spiro atoms. The largest absolute Gasteiger partial charge is 0.490 e. The van der Waals surface area contributed by atoms with Gasteiger partial charge in [-0.2, -0.15) is 0 Å². The number of nitrogens with one attached hydrogen (secondary N) is 1. The fourth-order valence-electron chi connectivity index (χ4n) is 1.62. The Morgan fingerprint density at radius 1 is 1.37 bits per heavy atom. The van der Waals surface area contributed by atoms with E-state index in [0.717, 1.165) is 6.42 Å². The summed E-state index contributed by atoms with van der Waals surface area (Å²) in [7, 11) is 0. The lowest BCUT2D eigenvalue weighted by atomic mass is 10.2. The van der Waals surface area contributed by atoms with Crippen molar-refractivity contribution in [1.82, 2.24) is 0 Å². The standard InChI is InChI=1S/C14H23FN2O2/c1-4-6-19-14-8-13(12(16)7-11(14)15)17-10(3)9-18-5-2/h7-8,10,17H,4-6,9,16H2,1-3H3. The van der Waals surface area contributed by atoms with Crippen molar-refractivity contribution in [2.45, 2.75) is 33.2 Å². The molecular weight excluding hydrogens is 247 g/mol. The SMILES string of the molecule is CCCOc1cc(NC(C)COCC)c(N)cc1F. The average Bonchev–Trinajstić information content (AvgIpc) is 2.38. The van der Waals surface area contributed by atoms with Crippen molar-refractivity contribution in [3.05, 3.63) is 17.9 Å². The molecule has 0 aliphatic carbocycles. The molecule has 1 atom stereocenters. The van der Waals surface area contributed by atoms with Crippen LogP contribution in [0.5, 0.6) is 5.75 Å². The number of halogens is 1. The Kier molecular flexibility index (Phi) is 6.42. The van der Waals surface area contributed by atoms with Crippen LogP contribution in [0.1, 0.15) is 27.2 Å². The molecule has 0 bridgehead atoms. The molecular formula is C14H23FN2O2. The molecule has 1 aromatic carbocycles. The number of nitrogen functional groups attached to an aromatic ring is 1. The van der Waals surface area contributed by atoms with Crippen molar-refractivity contribution in [2.75, 3.05) is 30.9 Å². The molecule has 0 aromatic heterocycles. The molecule has 0 aliphatic heterocycles. The van der Waals surface area contributed by atoms with Crippen molar-refractivity contribution in [2.24, 2.45) is 0 Å². The van der Waals surface area contributed by atoms with E-state index in [0.29, 0.717) is 31.2 Å². The maximum absolute atomic E-state index is 13.6. The number of anilines is 2. The Morgan fingerprint density at radius 2 is 2.11 bits per heavy atom. The molecule has 1 rings (SSSR count). The highest BCUT2D eigenvalue weighted by molar-refractivity contribution is 5.68. The quantitative estimate of drug-likeness (QED) is 0.713. The first-order chi connectivity index (χ1) is 9.08. The fourth-order valence-corrected chi connectivity index (χ4v) is 1.62. The fraction of sp³-hybridized carbons (Fsp3) is 0.571. The van der Waals surface area contributed by atoms with Crippen LogP contribution >= 0.6 is 0 Å². The van der Waals surface area contributed by atoms with Crippen molar-refractivity contribution >= 4 is 11.4 Å². The summed E-state index contributed by atoms with van der Waals surface area (Å²) in [5, 5.41) is 3.19. The van der Waals surface area contributed by atoms with Crippen LogP contribution in [0.15, 0.2) is 12.1 Å². The molecule has 0 saturated heterocycles. The van der Waals surface area contributed by atoms with Crippen molar-refractivity contribution in [3.8, 4) is 5.75 Å². The summed E-state index contributed by atoms with van der Waals surface area (Å²) >= 11 is 0. The lowest BCUT2D eigenvalue weighted by molar-refractivity contribution is 0.141. The van der Waals surface area contributed by atoms with Gasteiger partial charge < -0.3 is 20.5 Å². The maximum Gasteiger partial charge on any atom is 0.167 e. The van der Waals surface area contributed by atoms with Gasteiger partial charge in [0.05, 0.1) is 24.6 Å². The molecule has 1 aromatic rings. The topological polar surface area (TPSA) is 56.5 Å². The van der Waals surface area contributed by atoms with E-state index in [1.54, 1.807) is 6.07 Å². The van der Waals surface area contributed by atoms with Gasteiger partial charge in [-0.1, -0.05) is 6.92 Å². The summed E-state index contributed by atoms with van der Waals surface area (Å²) in [5.41, 5.74) is 6.83. The lowest BCUT2D eigenvalue weighted by Gasteiger charge is -2.18. The predicted octanol–water partition coefficient (Wildman–Crippen LogP) is 3.03. The van der Waals surface area contributed by atoms with Gasteiger partial charge in [0.2, 0.25) is 0 Å². The van der Waals surface area contributed by atoms with Gasteiger partial charge in [0.25, 0.3) is 0 Å². The molecule has 0 heterocycles. The summed E-state index contributed by atoms with van der Waals surface area (Å²) in [6, 6.07) is 2.97. The zero-order valence-corrected chi connectivity index (χ0v) is 11.8. The average molecular weight is 270 g/mol. The third kappa shape index (κ3) is 4.95. The molecule has 0 amide bonds. The van der Waals surface area contributed by atoms with E-state index in [-0.39, 0.29) is 11.8 Å². The van der Waals surface area contributed by atoms with Gasteiger partial charge in [0, 0.05) is 24.8 Å². The zero-order chi connectivity index (χ0) is 14.3. The molecule has 0 saturated carbocycles. The highest BCUT2D eigenvalue weighted by atomic mass is 19.1. The molecule has 5 heteroatoms.